The van der Waals surface area contributed by atoms with Crippen LogP contribution < -0.4 is 11.1 Å². The lowest BCUT2D eigenvalue weighted by atomic mass is 10.0. The molecule has 9 nitrogen and oxygen atoms in total. The molecule has 1 aromatic carbocycles. The van der Waals surface area contributed by atoms with Gasteiger partial charge in [-0.2, -0.15) is 0 Å². The molecule has 1 unspecified atom stereocenters. The van der Waals surface area contributed by atoms with Gasteiger partial charge in [-0.1, -0.05) is 36.0 Å². The minimum atomic E-state index is -0.416. The Morgan fingerprint density at radius 2 is 1.91 bits per heavy atom. The number of hydrogen-bond acceptors (Lipinski definition) is 7. The van der Waals surface area contributed by atoms with E-state index in [-0.39, 0.29) is 18.1 Å². The summed E-state index contributed by atoms with van der Waals surface area (Å²) in [5.41, 5.74) is 6.93. The first kappa shape index (κ1) is 24.2. The molecule has 0 aliphatic heterocycles. The van der Waals surface area contributed by atoms with Crippen molar-refractivity contribution in [2.24, 2.45) is 5.73 Å². The molecule has 3 N–H and O–H groups in total. The fourth-order valence-corrected chi connectivity index (χ4v) is 4.15. The molecule has 0 aliphatic rings. The van der Waals surface area contributed by atoms with Crippen LogP contribution in [-0.4, -0.2) is 44.2 Å². The highest BCUT2D eigenvalue weighted by Crippen LogP contribution is 2.26. The van der Waals surface area contributed by atoms with Crippen molar-refractivity contribution >= 4 is 29.4 Å². The number of nitrogens with one attached hydrogen (secondary N) is 1. The largest absolute Gasteiger partial charge is 0.467 e. The molecule has 0 aliphatic carbocycles. The van der Waals surface area contributed by atoms with Gasteiger partial charge in [0.1, 0.15) is 11.6 Å². The molecule has 0 radical (unpaired) electrons. The molecule has 174 valence electrons. The highest BCUT2D eigenvalue weighted by atomic mass is 32.2. The Kier molecular flexibility index (Phi) is 8.42. The van der Waals surface area contributed by atoms with Gasteiger partial charge in [0, 0.05) is 31.9 Å². The number of aryl methyl sites for hydroxylation is 1. The minimum absolute atomic E-state index is 0.0281. The van der Waals surface area contributed by atoms with Gasteiger partial charge in [0.2, 0.25) is 11.8 Å². The summed E-state index contributed by atoms with van der Waals surface area (Å²) in [6.45, 7) is 4.25. The SMILES string of the molecule is CC(=O)NCCc1ccc(C(=O)C(C)Sc2nnc(CCC(N)=O)n2Cc2ccco2)cc1. The Labute approximate surface area is 196 Å². The summed E-state index contributed by atoms with van der Waals surface area (Å²) >= 11 is 1.31. The summed E-state index contributed by atoms with van der Waals surface area (Å²) in [6, 6.07) is 11.0. The third-order valence-corrected chi connectivity index (χ3v) is 6.04. The van der Waals surface area contributed by atoms with Crippen LogP contribution in [0.2, 0.25) is 0 Å². The molecule has 2 aromatic heterocycles. The van der Waals surface area contributed by atoms with E-state index in [4.69, 9.17) is 10.2 Å². The van der Waals surface area contributed by atoms with Gasteiger partial charge in [0.25, 0.3) is 0 Å². The van der Waals surface area contributed by atoms with E-state index in [0.29, 0.717) is 48.2 Å². The van der Waals surface area contributed by atoms with Crippen molar-refractivity contribution in [3.8, 4) is 0 Å². The van der Waals surface area contributed by atoms with Crippen LogP contribution in [0.5, 0.6) is 0 Å². The lowest BCUT2D eigenvalue weighted by Gasteiger charge is -2.12. The van der Waals surface area contributed by atoms with Gasteiger partial charge in [0.15, 0.2) is 10.9 Å². The predicted molar refractivity (Wildman–Crippen MR) is 124 cm³/mol. The Morgan fingerprint density at radius 1 is 1.15 bits per heavy atom. The fourth-order valence-electron chi connectivity index (χ4n) is 3.21. The number of carbonyl (C=O) groups is 3. The third-order valence-electron chi connectivity index (χ3n) is 4.96. The fraction of sp³-hybridized carbons (Fsp3) is 0.348. The molecule has 10 heteroatoms. The van der Waals surface area contributed by atoms with Gasteiger partial charge in [0.05, 0.1) is 18.1 Å². The van der Waals surface area contributed by atoms with Gasteiger partial charge in [-0.05, 0) is 31.0 Å². The first-order chi connectivity index (χ1) is 15.8. The molecular weight excluding hydrogens is 442 g/mol. The van der Waals surface area contributed by atoms with Gasteiger partial charge in [-0.3, -0.25) is 19.0 Å². The lowest BCUT2D eigenvalue weighted by molar-refractivity contribution is -0.119. The number of nitrogens with two attached hydrogens (primary N) is 1. The smallest absolute Gasteiger partial charge is 0.217 e. The predicted octanol–water partition coefficient (Wildman–Crippen LogP) is 2.38. The zero-order valence-electron chi connectivity index (χ0n) is 18.6. The van der Waals surface area contributed by atoms with Crippen LogP contribution in [0.3, 0.4) is 0 Å². The Bertz CT molecular complexity index is 1090. The average Bonchev–Trinajstić information content (AvgIpc) is 3.43. The number of ketones is 1. The lowest BCUT2D eigenvalue weighted by Crippen LogP contribution is -2.22. The van der Waals surface area contributed by atoms with Crippen molar-refractivity contribution < 1.29 is 18.8 Å². The zero-order valence-corrected chi connectivity index (χ0v) is 19.4. The van der Waals surface area contributed by atoms with Crippen LogP contribution in [0.25, 0.3) is 0 Å². The zero-order chi connectivity index (χ0) is 23.8. The second kappa shape index (κ2) is 11.5. The summed E-state index contributed by atoms with van der Waals surface area (Å²) in [7, 11) is 0. The van der Waals surface area contributed by atoms with E-state index in [9.17, 15) is 14.4 Å². The number of rotatable bonds is 12. The molecule has 33 heavy (non-hydrogen) atoms. The number of nitrogens with zero attached hydrogens (tertiary/aromatic N) is 3. The van der Waals surface area contributed by atoms with Crippen LogP contribution in [-0.2, 0) is 29.0 Å². The molecule has 3 aromatic rings. The number of amides is 2. The summed E-state index contributed by atoms with van der Waals surface area (Å²) in [4.78, 5) is 35.2. The van der Waals surface area contributed by atoms with E-state index in [1.165, 1.54) is 18.7 Å². The van der Waals surface area contributed by atoms with E-state index >= 15 is 0 Å². The molecule has 0 saturated carbocycles. The van der Waals surface area contributed by atoms with Gasteiger partial charge in [-0.25, -0.2) is 0 Å². The van der Waals surface area contributed by atoms with Crippen LogP contribution >= 0.6 is 11.8 Å². The number of furan rings is 1. The number of carbonyl (C=O) groups excluding carboxylic acids is 3. The van der Waals surface area contributed by atoms with Crippen LogP contribution in [0.15, 0.2) is 52.2 Å². The third kappa shape index (κ3) is 7.04. The second-order valence-corrected chi connectivity index (χ2v) is 8.89. The summed E-state index contributed by atoms with van der Waals surface area (Å²) < 4.78 is 7.30. The maximum absolute atomic E-state index is 13.0. The number of aromatic nitrogens is 3. The number of Topliss-reactive ketones (excluding diaryl/α,β-unsaturated/α-hetero) is 1. The van der Waals surface area contributed by atoms with Crippen LogP contribution in [0.1, 0.15) is 47.8 Å². The normalized spacial score (nSPS) is 11.8. The number of thioether (sulfide) groups is 1. The number of primary amides is 1. The first-order valence-corrected chi connectivity index (χ1v) is 11.5. The van der Waals surface area contributed by atoms with Gasteiger partial charge >= 0.3 is 0 Å². The summed E-state index contributed by atoms with van der Waals surface area (Å²) in [5, 5.41) is 11.4. The quantitative estimate of drug-likeness (QED) is 0.307. The molecule has 0 fully saturated rings. The topological polar surface area (TPSA) is 133 Å². The monoisotopic (exact) mass is 469 g/mol. The van der Waals surface area contributed by atoms with Crippen LogP contribution in [0.4, 0.5) is 0 Å². The number of hydrogen-bond donors (Lipinski definition) is 2. The standard InChI is InChI=1S/C23H27N5O4S/c1-15(22(31)18-7-5-17(6-8-18)11-12-25-16(2)29)33-23-27-26-21(10-9-20(24)30)28(23)14-19-4-3-13-32-19/h3-8,13,15H,9-12,14H2,1-2H3,(H2,24,30)(H,25,29). The second-order valence-electron chi connectivity index (χ2n) is 7.58. The first-order valence-electron chi connectivity index (χ1n) is 10.6. The summed E-state index contributed by atoms with van der Waals surface area (Å²) in [6.07, 6.45) is 2.79. The maximum atomic E-state index is 13.0. The molecule has 3 rings (SSSR count). The van der Waals surface area contributed by atoms with Gasteiger partial charge < -0.3 is 15.5 Å². The number of benzene rings is 1. The highest BCUT2D eigenvalue weighted by Gasteiger charge is 2.22. The van der Waals surface area contributed by atoms with Gasteiger partial charge in [-0.15, -0.1) is 10.2 Å². The summed E-state index contributed by atoms with van der Waals surface area (Å²) in [5.74, 6) is 0.812. The van der Waals surface area contributed by atoms with Crippen molar-refractivity contribution in [3.05, 3.63) is 65.4 Å². The highest BCUT2D eigenvalue weighted by molar-refractivity contribution is 8.00. The molecule has 0 spiro atoms. The minimum Gasteiger partial charge on any atom is -0.467 e. The molecule has 2 amide bonds. The van der Waals surface area contributed by atoms with Crippen molar-refractivity contribution in [1.82, 2.24) is 20.1 Å². The molecular formula is C23H27N5O4S. The van der Waals surface area contributed by atoms with E-state index < -0.39 is 11.2 Å². The Balaban J connectivity index is 1.69. The van der Waals surface area contributed by atoms with E-state index in [1.54, 1.807) is 24.5 Å². The molecule has 0 bridgehead atoms. The molecule has 1 atom stereocenters. The van der Waals surface area contributed by atoms with E-state index in [0.717, 1.165) is 5.56 Å². The van der Waals surface area contributed by atoms with Crippen molar-refractivity contribution in [3.63, 3.8) is 0 Å². The van der Waals surface area contributed by atoms with Crippen molar-refractivity contribution in [2.45, 2.75) is 50.1 Å². The Hall–Kier alpha value is -3.40. The average molecular weight is 470 g/mol. The van der Waals surface area contributed by atoms with E-state index in [2.05, 4.69) is 15.5 Å². The van der Waals surface area contributed by atoms with E-state index in [1.807, 2.05) is 29.7 Å². The van der Waals surface area contributed by atoms with Crippen LogP contribution in [0, 0.1) is 0 Å². The molecule has 2 heterocycles. The van der Waals surface area contributed by atoms with Crippen molar-refractivity contribution in [2.75, 3.05) is 6.54 Å². The maximum Gasteiger partial charge on any atom is 0.217 e. The van der Waals surface area contributed by atoms with Crippen molar-refractivity contribution in [1.29, 1.82) is 0 Å². The Morgan fingerprint density at radius 3 is 2.55 bits per heavy atom. The molecule has 0 saturated heterocycles.